The van der Waals surface area contributed by atoms with Crippen LogP contribution in [0.2, 0.25) is 0 Å². The summed E-state index contributed by atoms with van der Waals surface area (Å²) in [6, 6.07) is 0. The molecule has 58 valence electrons. The Kier molecular flexibility index (Phi) is 3.80. The lowest BCUT2D eigenvalue weighted by Crippen LogP contribution is -2.42. The van der Waals surface area contributed by atoms with Crippen molar-refractivity contribution in [2.24, 2.45) is 0 Å². The van der Waals surface area contributed by atoms with Gasteiger partial charge in [-0.3, -0.25) is 5.43 Å². The average Bonchev–Trinajstić information content (AvgIpc) is 2.03. The molecule has 0 radical (unpaired) electrons. The molecule has 10 heavy (non-hydrogen) atoms. The van der Waals surface area contributed by atoms with Crippen molar-refractivity contribution < 1.29 is 0 Å². The fourth-order valence-electron chi connectivity index (χ4n) is 1.07. The Hall–Kier alpha value is -0.0500. The first kappa shape index (κ1) is 8.05. The van der Waals surface area contributed by atoms with Gasteiger partial charge in [0.2, 0.25) is 0 Å². The predicted molar refractivity (Wildman–Crippen MR) is 43.8 cm³/mol. The smallest absolute Gasteiger partial charge is 0.0323 e. The highest BCUT2D eigenvalue weighted by Gasteiger charge is 2.05. The van der Waals surface area contributed by atoms with Crippen molar-refractivity contribution in [2.45, 2.75) is 12.8 Å². The lowest BCUT2D eigenvalue weighted by Gasteiger charge is -2.25. The number of hydrazine groups is 1. The first-order valence-electron chi connectivity index (χ1n) is 3.67. The third-order valence-corrected chi connectivity index (χ3v) is 1.78. The first-order chi connectivity index (χ1) is 4.93. The summed E-state index contributed by atoms with van der Waals surface area (Å²) < 4.78 is 0. The molecule has 1 aliphatic rings. The van der Waals surface area contributed by atoms with Crippen LogP contribution in [-0.4, -0.2) is 24.6 Å². The number of rotatable bonds is 2. The van der Waals surface area contributed by atoms with Crippen molar-refractivity contribution in [3.05, 3.63) is 11.6 Å². The average molecular weight is 161 g/mol. The van der Waals surface area contributed by atoms with Crippen molar-refractivity contribution in [3.63, 3.8) is 0 Å². The summed E-state index contributed by atoms with van der Waals surface area (Å²) >= 11 is 5.39. The molecule has 0 spiro atoms. The van der Waals surface area contributed by atoms with E-state index in [-0.39, 0.29) is 0 Å². The summed E-state index contributed by atoms with van der Waals surface area (Å²) in [6.07, 6.45) is 4.53. The zero-order chi connectivity index (χ0) is 7.23. The largest absolute Gasteiger partial charge is 0.255 e. The van der Waals surface area contributed by atoms with Gasteiger partial charge in [0.25, 0.3) is 0 Å². The van der Waals surface area contributed by atoms with E-state index in [0.717, 1.165) is 19.6 Å². The Morgan fingerprint density at radius 1 is 1.50 bits per heavy atom. The molecule has 0 bridgehead atoms. The van der Waals surface area contributed by atoms with E-state index in [2.05, 4.69) is 10.4 Å². The Morgan fingerprint density at radius 2 is 2.40 bits per heavy atom. The molecule has 0 aromatic heterocycles. The van der Waals surface area contributed by atoms with Crippen LogP contribution in [-0.2, 0) is 0 Å². The highest BCUT2D eigenvalue weighted by molar-refractivity contribution is 6.25. The second kappa shape index (κ2) is 4.72. The van der Waals surface area contributed by atoms with Crippen molar-refractivity contribution in [1.82, 2.24) is 10.4 Å². The van der Waals surface area contributed by atoms with E-state index in [1.54, 1.807) is 5.54 Å². The zero-order valence-corrected chi connectivity index (χ0v) is 6.77. The van der Waals surface area contributed by atoms with Gasteiger partial charge in [0, 0.05) is 25.2 Å². The summed E-state index contributed by atoms with van der Waals surface area (Å²) in [7, 11) is 0. The highest BCUT2D eigenvalue weighted by atomic mass is 35.5. The van der Waals surface area contributed by atoms with Crippen LogP contribution in [0.3, 0.4) is 0 Å². The molecular formula is C7H13ClN2. The van der Waals surface area contributed by atoms with Crippen LogP contribution in [0.15, 0.2) is 11.6 Å². The van der Waals surface area contributed by atoms with E-state index < -0.39 is 0 Å². The second-order valence-electron chi connectivity index (χ2n) is 2.42. The van der Waals surface area contributed by atoms with Gasteiger partial charge >= 0.3 is 0 Å². The van der Waals surface area contributed by atoms with E-state index in [1.807, 2.05) is 6.08 Å². The van der Waals surface area contributed by atoms with Gasteiger partial charge in [0.1, 0.15) is 0 Å². The summed E-state index contributed by atoms with van der Waals surface area (Å²) in [5.74, 6) is 0. The van der Waals surface area contributed by atoms with Gasteiger partial charge in [-0.05, 0) is 12.8 Å². The van der Waals surface area contributed by atoms with Crippen LogP contribution >= 0.6 is 11.6 Å². The number of nitrogens with one attached hydrogen (secondary N) is 1. The van der Waals surface area contributed by atoms with Crippen LogP contribution in [0.25, 0.3) is 0 Å². The zero-order valence-electron chi connectivity index (χ0n) is 6.02. The van der Waals surface area contributed by atoms with E-state index in [1.165, 1.54) is 12.8 Å². The Labute approximate surface area is 66.8 Å². The minimum atomic E-state index is 0.920. The maximum atomic E-state index is 5.39. The molecule has 1 rings (SSSR count). The summed E-state index contributed by atoms with van der Waals surface area (Å²) in [5, 5.41) is 2.18. The molecule has 1 fully saturated rings. The number of hydrogen-bond donors (Lipinski definition) is 1. The first-order valence-corrected chi connectivity index (χ1v) is 4.11. The van der Waals surface area contributed by atoms with Gasteiger partial charge in [-0.25, -0.2) is 5.01 Å². The molecule has 0 saturated carbocycles. The molecule has 0 amide bonds. The van der Waals surface area contributed by atoms with Gasteiger partial charge in [-0.1, -0.05) is 17.7 Å². The third kappa shape index (κ3) is 2.69. The van der Waals surface area contributed by atoms with Crippen molar-refractivity contribution >= 4 is 11.6 Å². The van der Waals surface area contributed by atoms with Crippen molar-refractivity contribution in [1.29, 1.82) is 0 Å². The molecule has 1 aliphatic heterocycles. The van der Waals surface area contributed by atoms with E-state index in [0.29, 0.717) is 0 Å². The Balaban J connectivity index is 2.13. The fourth-order valence-corrected chi connectivity index (χ4v) is 1.15. The van der Waals surface area contributed by atoms with Gasteiger partial charge in [-0.2, -0.15) is 0 Å². The molecule has 0 aliphatic carbocycles. The Morgan fingerprint density at radius 3 is 3.00 bits per heavy atom. The Bertz CT molecular complexity index is 108. The number of hydrogen-bond acceptors (Lipinski definition) is 2. The van der Waals surface area contributed by atoms with Gasteiger partial charge in [0.15, 0.2) is 0 Å². The molecule has 3 heteroatoms. The van der Waals surface area contributed by atoms with Crippen LogP contribution in [0.5, 0.6) is 0 Å². The SMILES string of the molecule is Cl/C=C/CN1CCCCN1. The quantitative estimate of drug-likeness (QED) is 0.656. The van der Waals surface area contributed by atoms with Gasteiger partial charge in [0.05, 0.1) is 0 Å². The molecule has 0 unspecified atom stereocenters. The monoisotopic (exact) mass is 160 g/mol. The van der Waals surface area contributed by atoms with Crippen LogP contribution in [0, 0.1) is 0 Å². The third-order valence-electron chi connectivity index (χ3n) is 1.61. The minimum absolute atomic E-state index is 0.920. The summed E-state index contributed by atoms with van der Waals surface area (Å²) in [5.41, 5.74) is 4.84. The molecule has 1 saturated heterocycles. The molecule has 0 aromatic rings. The summed E-state index contributed by atoms with van der Waals surface area (Å²) in [4.78, 5) is 0. The van der Waals surface area contributed by atoms with Crippen LogP contribution < -0.4 is 5.43 Å². The molecule has 1 N–H and O–H groups in total. The van der Waals surface area contributed by atoms with Gasteiger partial charge < -0.3 is 0 Å². The highest BCUT2D eigenvalue weighted by Crippen LogP contribution is 1.98. The predicted octanol–water partition coefficient (Wildman–Crippen LogP) is 1.34. The fraction of sp³-hybridized carbons (Fsp3) is 0.714. The van der Waals surface area contributed by atoms with E-state index in [9.17, 15) is 0 Å². The summed E-state index contributed by atoms with van der Waals surface area (Å²) in [6.45, 7) is 3.17. The molecule has 0 aromatic carbocycles. The maximum absolute atomic E-state index is 5.39. The molecule has 0 atom stereocenters. The van der Waals surface area contributed by atoms with Crippen LogP contribution in [0.4, 0.5) is 0 Å². The standard InChI is InChI=1S/C7H13ClN2/c8-4-3-7-10-6-2-1-5-9-10/h3-4,9H,1-2,5-7H2/b4-3+. The van der Waals surface area contributed by atoms with Gasteiger partial charge in [-0.15, -0.1) is 0 Å². The molecule has 1 heterocycles. The minimum Gasteiger partial charge on any atom is -0.255 e. The normalized spacial score (nSPS) is 22.1. The molecular weight excluding hydrogens is 148 g/mol. The van der Waals surface area contributed by atoms with E-state index in [4.69, 9.17) is 11.6 Å². The van der Waals surface area contributed by atoms with E-state index >= 15 is 0 Å². The van der Waals surface area contributed by atoms with Crippen LogP contribution in [0.1, 0.15) is 12.8 Å². The van der Waals surface area contributed by atoms with Crippen molar-refractivity contribution in [2.75, 3.05) is 19.6 Å². The lowest BCUT2D eigenvalue weighted by atomic mass is 10.3. The topological polar surface area (TPSA) is 15.3 Å². The second-order valence-corrected chi connectivity index (χ2v) is 2.67. The maximum Gasteiger partial charge on any atom is 0.0323 e. The number of halogens is 1. The lowest BCUT2D eigenvalue weighted by molar-refractivity contribution is 0.172. The van der Waals surface area contributed by atoms with Crippen molar-refractivity contribution in [3.8, 4) is 0 Å². The molecule has 2 nitrogen and oxygen atoms in total. The number of nitrogens with zero attached hydrogens (tertiary/aromatic N) is 1.